The highest BCUT2D eigenvalue weighted by atomic mass is 19.1. The standard InChI is InChI=1S/C19H17F2N3O/c1-24-11-10-22-19(24)18(14-4-8-16(21)9-5-14)23-17(25)12-13-2-6-15(20)7-3-13/h2-11,18H,12H2,1H3,(H,23,25)/t18-/m0/s1. The first-order valence-corrected chi connectivity index (χ1v) is 7.79. The molecule has 25 heavy (non-hydrogen) atoms. The van der Waals surface area contributed by atoms with Crippen molar-refractivity contribution in [2.24, 2.45) is 7.05 Å². The van der Waals surface area contributed by atoms with Gasteiger partial charge in [0.15, 0.2) is 0 Å². The number of hydrogen-bond donors (Lipinski definition) is 1. The van der Waals surface area contributed by atoms with Gasteiger partial charge >= 0.3 is 0 Å². The van der Waals surface area contributed by atoms with Crippen LogP contribution in [0.15, 0.2) is 60.9 Å². The Kier molecular flexibility index (Phi) is 4.88. The van der Waals surface area contributed by atoms with Crippen LogP contribution in [0.1, 0.15) is 23.0 Å². The van der Waals surface area contributed by atoms with Crippen molar-refractivity contribution in [3.63, 3.8) is 0 Å². The molecule has 0 fully saturated rings. The Morgan fingerprint density at radius 1 is 1.08 bits per heavy atom. The van der Waals surface area contributed by atoms with Gasteiger partial charge in [0.1, 0.15) is 23.5 Å². The highest BCUT2D eigenvalue weighted by Crippen LogP contribution is 2.21. The van der Waals surface area contributed by atoms with Crippen LogP contribution in [0.4, 0.5) is 8.78 Å². The molecule has 1 atom stereocenters. The molecule has 0 bridgehead atoms. The highest BCUT2D eigenvalue weighted by Gasteiger charge is 2.20. The maximum absolute atomic E-state index is 13.2. The zero-order valence-electron chi connectivity index (χ0n) is 13.6. The predicted molar refractivity (Wildman–Crippen MR) is 89.7 cm³/mol. The topological polar surface area (TPSA) is 46.9 Å². The number of carbonyl (C=O) groups is 1. The Bertz CT molecular complexity index is 857. The molecule has 0 spiro atoms. The van der Waals surface area contributed by atoms with Gasteiger partial charge in [-0.05, 0) is 35.4 Å². The lowest BCUT2D eigenvalue weighted by molar-refractivity contribution is -0.121. The summed E-state index contributed by atoms with van der Waals surface area (Å²) in [4.78, 5) is 16.7. The lowest BCUT2D eigenvalue weighted by Gasteiger charge is -2.19. The van der Waals surface area contributed by atoms with E-state index < -0.39 is 6.04 Å². The second-order valence-electron chi connectivity index (χ2n) is 5.75. The Labute approximate surface area is 144 Å². The molecule has 6 heteroatoms. The first-order chi connectivity index (χ1) is 12.0. The predicted octanol–water partition coefficient (Wildman–Crippen LogP) is 3.15. The van der Waals surface area contributed by atoms with E-state index in [1.165, 1.54) is 24.3 Å². The molecule has 1 N–H and O–H groups in total. The van der Waals surface area contributed by atoms with E-state index in [9.17, 15) is 13.6 Å². The van der Waals surface area contributed by atoms with Crippen molar-refractivity contribution in [1.82, 2.24) is 14.9 Å². The minimum atomic E-state index is -0.506. The molecular weight excluding hydrogens is 324 g/mol. The summed E-state index contributed by atoms with van der Waals surface area (Å²) in [5.41, 5.74) is 1.43. The van der Waals surface area contributed by atoms with E-state index >= 15 is 0 Å². The molecule has 2 aromatic carbocycles. The number of imidazole rings is 1. The number of aromatic nitrogens is 2. The van der Waals surface area contributed by atoms with E-state index in [4.69, 9.17) is 0 Å². The summed E-state index contributed by atoms with van der Waals surface area (Å²) in [6, 6.07) is 11.2. The van der Waals surface area contributed by atoms with E-state index in [1.807, 2.05) is 7.05 Å². The first kappa shape index (κ1) is 16.8. The van der Waals surface area contributed by atoms with Crippen molar-refractivity contribution in [2.75, 3.05) is 0 Å². The summed E-state index contributed by atoms with van der Waals surface area (Å²) in [5, 5.41) is 2.92. The molecule has 0 saturated heterocycles. The number of rotatable bonds is 5. The van der Waals surface area contributed by atoms with E-state index in [0.717, 1.165) is 5.56 Å². The van der Waals surface area contributed by atoms with Crippen LogP contribution in [0, 0.1) is 11.6 Å². The number of hydrogen-bond acceptors (Lipinski definition) is 2. The number of nitrogens with one attached hydrogen (secondary N) is 1. The molecule has 0 radical (unpaired) electrons. The molecule has 3 aromatic rings. The third-order valence-corrected chi connectivity index (χ3v) is 3.90. The molecule has 1 heterocycles. The monoisotopic (exact) mass is 341 g/mol. The van der Waals surface area contributed by atoms with E-state index in [1.54, 1.807) is 41.2 Å². The van der Waals surface area contributed by atoms with Gasteiger partial charge in [-0.15, -0.1) is 0 Å². The minimum Gasteiger partial charge on any atom is -0.342 e. The average molecular weight is 341 g/mol. The Hall–Kier alpha value is -3.02. The van der Waals surface area contributed by atoms with E-state index in [0.29, 0.717) is 11.4 Å². The molecule has 1 aromatic heterocycles. The average Bonchev–Trinajstić information content (AvgIpc) is 3.01. The number of halogens is 2. The minimum absolute atomic E-state index is 0.113. The lowest BCUT2D eigenvalue weighted by atomic mass is 10.0. The third-order valence-electron chi connectivity index (χ3n) is 3.90. The van der Waals surface area contributed by atoms with Crippen LogP contribution in [-0.4, -0.2) is 15.5 Å². The van der Waals surface area contributed by atoms with Crippen LogP contribution in [0.2, 0.25) is 0 Å². The fourth-order valence-electron chi connectivity index (χ4n) is 2.61. The summed E-state index contributed by atoms with van der Waals surface area (Å²) in [5.74, 6) is -0.288. The zero-order chi connectivity index (χ0) is 17.8. The highest BCUT2D eigenvalue weighted by molar-refractivity contribution is 5.79. The molecule has 0 aliphatic heterocycles. The molecule has 4 nitrogen and oxygen atoms in total. The van der Waals surface area contributed by atoms with Gasteiger partial charge in [-0.25, -0.2) is 13.8 Å². The number of amides is 1. The first-order valence-electron chi connectivity index (χ1n) is 7.79. The van der Waals surface area contributed by atoms with Crippen LogP contribution in [0.5, 0.6) is 0 Å². The molecule has 0 aliphatic carbocycles. The Morgan fingerprint density at radius 3 is 2.24 bits per heavy atom. The van der Waals surface area contributed by atoms with Crippen molar-refractivity contribution in [3.05, 3.63) is 89.5 Å². The van der Waals surface area contributed by atoms with Crippen molar-refractivity contribution >= 4 is 5.91 Å². The largest absolute Gasteiger partial charge is 0.342 e. The van der Waals surface area contributed by atoms with Crippen LogP contribution in [0.25, 0.3) is 0 Å². The van der Waals surface area contributed by atoms with Crippen LogP contribution < -0.4 is 5.32 Å². The quantitative estimate of drug-likeness (QED) is 0.775. The Morgan fingerprint density at radius 2 is 1.68 bits per heavy atom. The van der Waals surface area contributed by atoms with Gasteiger partial charge in [0.25, 0.3) is 0 Å². The number of benzene rings is 2. The third kappa shape index (κ3) is 4.09. The van der Waals surface area contributed by atoms with Gasteiger partial charge in [-0.2, -0.15) is 0 Å². The second-order valence-corrected chi connectivity index (χ2v) is 5.75. The molecule has 128 valence electrons. The lowest BCUT2D eigenvalue weighted by Crippen LogP contribution is -2.32. The van der Waals surface area contributed by atoms with E-state index in [-0.39, 0.29) is 24.0 Å². The summed E-state index contributed by atoms with van der Waals surface area (Å²) in [6.45, 7) is 0. The van der Waals surface area contributed by atoms with Crippen LogP contribution >= 0.6 is 0 Å². The molecule has 3 rings (SSSR count). The smallest absolute Gasteiger partial charge is 0.225 e. The van der Waals surface area contributed by atoms with Gasteiger partial charge in [0, 0.05) is 19.4 Å². The SMILES string of the molecule is Cn1ccnc1[C@@H](NC(=O)Cc1ccc(F)cc1)c1ccc(F)cc1. The van der Waals surface area contributed by atoms with E-state index in [2.05, 4.69) is 10.3 Å². The summed E-state index contributed by atoms with van der Waals surface area (Å²) >= 11 is 0. The molecule has 1 amide bonds. The number of carbonyl (C=O) groups excluding carboxylic acids is 1. The second kappa shape index (κ2) is 7.25. The fraction of sp³-hybridized carbons (Fsp3) is 0.158. The normalized spacial score (nSPS) is 12.0. The van der Waals surface area contributed by atoms with Gasteiger partial charge in [0.05, 0.1) is 6.42 Å². The van der Waals surface area contributed by atoms with Crippen molar-refractivity contribution in [3.8, 4) is 0 Å². The van der Waals surface area contributed by atoms with Crippen LogP contribution in [-0.2, 0) is 18.3 Å². The fourth-order valence-corrected chi connectivity index (χ4v) is 2.61. The van der Waals surface area contributed by atoms with Gasteiger partial charge in [0.2, 0.25) is 5.91 Å². The summed E-state index contributed by atoms with van der Waals surface area (Å²) < 4.78 is 28.0. The van der Waals surface area contributed by atoms with Gasteiger partial charge < -0.3 is 9.88 Å². The summed E-state index contributed by atoms with van der Waals surface area (Å²) in [6.07, 6.45) is 3.53. The zero-order valence-corrected chi connectivity index (χ0v) is 13.6. The van der Waals surface area contributed by atoms with Gasteiger partial charge in [-0.3, -0.25) is 4.79 Å². The van der Waals surface area contributed by atoms with Crippen molar-refractivity contribution < 1.29 is 13.6 Å². The van der Waals surface area contributed by atoms with Crippen molar-refractivity contribution in [2.45, 2.75) is 12.5 Å². The van der Waals surface area contributed by atoms with Crippen LogP contribution in [0.3, 0.4) is 0 Å². The molecule has 0 aliphatic rings. The maximum Gasteiger partial charge on any atom is 0.225 e. The Balaban J connectivity index is 1.82. The molecule has 0 saturated carbocycles. The number of aryl methyl sites for hydroxylation is 1. The summed E-state index contributed by atoms with van der Waals surface area (Å²) in [7, 11) is 1.82. The van der Waals surface area contributed by atoms with Crippen molar-refractivity contribution in [1.29, 1.82) is 0 Å². The number of nitrogens with zero attached hydrogens (tertiary/aromatic N) is 2. The maximum atomic E-state index is 13.2. The molecule has 0 unspecified atom stereocenters. The molecular formula is C19H17F2N3O. The van der Waals surface area contributed by atoms with Gasteiger partial charge in [-0.1, -0.05) is 24.3 Å².